The molecule has 6 fully saturated rings. The number of ether oxygens (including phenoxy) is 1. The second-order valence-corrected chi connectivity index (χ2v) is 12.1. The molecule has 7 bridgehead atoms. The van der Waals surface area contributed by atoms with Crippen molar-refractivity contribution in [3.8, 4) is 11.6 Å². The van der Waals surface area contributed by atoms with Crippen molar-refractivity contribution in [2.24, 2.45) is 0 Å². The summed E-state index contributed by atoms with van der Waals surface area (Å²) < 4.78 is 90.1. The van der Waals surface area contributed by atoms with E-state index in [1.807, 2.05) is 0 Å². The largest absolute Gasteiger partial charge is 0.617 e. The molecule has 0 aliphatic carbocycles. The minimum atomic E-state index is -4.86. The topological polar surface area (TPSA) is 217 Å². The number of rotatable bonds is 0. The molecule has 1 aromatic rings. The number of fused-ring (bicyclic) bond motifs is 2. The highest BCUT2D eigenvalue weighted by atomic mass is 79.9. The highest BCUT2D eigenvalue weighted by Gasteiger charge is 3.06. The molecular weight excluding hydrogens is 581 g/mol. The lowest BCUT2D eigenvalue weighted by Crippen LogP contribution is -2.68. The summed E-state index contributed by atoms with van der Waals surface area (Å²) in [4.78, 5) is 30.5. The highest BCUT2D eigenvalue weighted by molar-refractivity contribution is 9.08. The molecule has 23 heteroatoms. The Balaban J connectivity index is 1.58. The summed E-state index contributed by atoms with van der Waals surface area (Å²) in [5.41, 5.74) is -2.63. The van der Waals surface area contributed by atoms with Gasteiger partial charge in [-0.1, -0.05) is 0 Å². The van der Waals surface area contributed by atoms with E-state index in [4.69, 9.17) is 45.8 Å². The Labute approximate surface area is 179 Å². The fourth-order valence-electron chi connectivity index (χ4n) is 4.28. The van der Waals surface area contributed by atoms with Crippen LogP contribution >= 0.6 is 39.6 Å². The summed E-state index contributed by atoms with van der Waals surface area (Å²) in [5.74, 6) is -13.9. The molecule has 2 spiro atoms. The molecule has 32 heavy (non-hydrogen) atoms. The third-order valence-electron chi connectivity index (χ3n) is 5.41. The van der Waals surface area contributed by atoms with Crippen LogP contribution in [0.2, 0.25) is 0 Å². The van der Waals surface area contributed by atoms with E-state index in [-0.39, 0.29) is 8.16 Å². The van der Waals surface area contributed by atoms with Gasteiger partial charge in [-0.05, 0) is 0 Å². The van der Waals surface area contributed by atoms with Crippen LogP contribution in [0.1, 0.15) is 0 Å². The molecule has 0 amide bonds. The monoisotopic (exact) mass is 582 g/mol. The molecule has 172 valence electrons. The maximum Gasteiger partial charge on any atom is 0.617 e. The molecule has 9 heterocycles. The normalized spacial score (nSPS) is 57.0. The van der Waals surface area contributed by atoms with Crippen LogP contribution in [0, 0.1) is 0 Å². The van der Waals surface area contributed by atoms with E-state index in [9.17, 15) is 28.4 Å². The van der Waals surface area contributed by atoms with Crippen LogP contribution in [-0.2, 0) is 61.0 Å². The van der Waals surface area contributed by atoms with Crippen molar-refractivity contribution in [3.63, 3.8) is 0 Å². The molecule has 3 unspecified atom stereocenters. The zero-order valence-corrected chi connectivity index (χ0v) is 18.4. The lowest BCUT2D eigenvalue weighted by atomic mass is 9.97. The Kier molecular flexibility index (Phi) is 2.88. The summed E-state index contributed by atoms with van der Waals surface area (Å²) in [7, 11) is -14.2. The lowest BCUT2D eigenvalue weighted by molar-refractivity contribution is -0.437. The number of hydrogen-bond acceptors (Lipinski definition) is 17. The third kappa shape index (κ3) is 1.61. The summed E-state index contributed by atoms with van der Waals surface area (Å²) >= 11 is 2.67. The molecule has 8 aliphatic rings. The minimum Gasteiger partial charge on any atom is -0.382 e. The predicted octanol–water partition coefficient (Wildman–Crippen LogP) is -0.573. The Hall–Kier alpha value is -0.950. The van der Waals surface area contributed by atoms with Gasteiger partial charge in [-0.3, -0.25) is 9.53 Å². The predicted molar refractivity (Wildman–Crippen MR) is 85.3 cm³/mol. The highest BCUT2D eigenvalue weighted by Crippen LogP contribution is 2.91. The standard InChI is InChI=1S/C9H2BrN2O17P3/c10-12-2(13)1-3-11(5(12)14)9-8-7(15,25-32(18,26-8)27-8)6(23-9)4(22-31(17,24-6)28-9)19-29-30(16,20-1)21-3/h4,15H/t4?,6-,7+,8?,9-,30?,31?,32?/m1/s1. The van der Waals surface area contributed by atoms with Crippen molar-refractivity contribution in [2.45, 2.75) is 29.6 Å². The van der Waals surface area contributed by atoms with Crippen molar-refractivity contribution in [1.29, 1.82) is 0 Å². The van der Waals surface area contributed by atoms with Gasteiger partial charge in [0.15, 0.2) is 0 Å². The zero-order chi connectivity index (χ0) is 22.3. The van der Waals surface area contributed by atoms with E-state index in [1.54, 1.807) is 0 Å². The van der Waals surface area contributed by atoms with Crippen LogP contribution in [0.15, 0.2) is 9.59 Å². The second kappa shape index (κ2) is 4.75. The molecule has 8 aliphatic heterocycles. The minimum absolute atomic E-state index is 0.242. The lowest BCUT2D eigenvalue weighted by Gasteiger charge is -2.44. The molecule has 6 atom stereocenters. The van der Waals surface area contributed by atoms with E-state index in [0.29, 0.717) is 0 Å². The molecular formula is C9H2BrN2O17P3. The first-order valence-corrected chi connectivity index (χ1v) is 13.2. The van der Waals surface area contributed by atoms with E-state index in [1.165, 1.54) is 0 Å². The van der Waals surface area contributed by atoms with Crippen molar-refractivity contribution < 1.29 is 69.3 Å². The van der Waals surface area contributed by atoms with Crippen molar-refractivity contribution in [1.82, 2.24) is 8.16 Å². The Morgan fingerprint density at radius 1 is 0.969 bits per heavy atom. The first-order valence-electron chi connectivity index (χ1n) is 8.12. The maximum atomic E-state index is 13.2. The van der Waals surface area contributed by atoms with Crippen LogP contribution in [0.4, 0.5) is 0 Å². The smallest absolute Gasteiger partial charge is 0.382 e. The SMILES string of the molecule is O=c1c2c3n(c(=O)n1Br)[C@]14O[C@]5(OP(=O)(OC5OOP(=O)(O2)O3)O1)[C@]1(O)OP2(=O)OC41O2. The van der Waals surface area contributed by atoms with Gasteiger partial charge in [0.05, 0.1) is 16.1 Å². The number of phosphoric ester groups is 3. The van der Waals surface area contributed by atoms with Gasteiger partial charge in [-0.15, -0.1) is 4.67 Å². The van der Waals surface area contributed by atoms with Gasteiger partial charge in [0.1, 0.15) is 0 Å². The molecule has 0 radical (unpaired) electrons. The van der Waals surface area contributed by atoms with Crippen LogP contribution < -0.4 is 20.3 Å². The van der Waals surface area contributed by atoms with Gasteiger partial charge < -0.3 is 14.2 Å². The number of aromatic nitrogens is 2. The number of hydrogen-bond donors (Lipinski definition) is 1. The summed E-state index contributed by atoms with van der Waals surface area (Å²) in [6, 6.07) is 0. The van der Waals surface area contributed by atoms with E-state index in [0.717, 1.165) is 0 Å². The van der Waals surface area contributed by atoms with Crippen LogP contribution in [0.25, 0.3) is 0 Å². The number of nitrogens with zero attached hydrogens (tertiary/aromatic N) is 2. The van der Waals surface area contributed by atoms with Gasteiger partial charge in [0.2, 0.25) is 0 Å². The fourth-order valence-corrected chi connectivity index (χ4v) is 9.06. The number of halogens is 1. The summed E-state index contributed by atoms with van der Waals surface area (Å²) in [5, 5.41) is 11.4. The Morgan fingerprint density at radius 2 is 1.72 bits per heavy atom. The average molecular weight is 583 g/mol. The number of phosphoric acid groups is 3. The average Bonchev–Trinajstić information content (AvgIpc) is 3.32. The van der Waals surface area contributed by atoms with Gasteiger partial charge in [-0.25, -0.2) is 45.6 Å². The molecule has 1 N–H and O–H groups in total. The van der Waals surface area contributed by atoms with Gasteiger partial charge in [-0.2, -0.15) is 13.0 Å². The molecule has 6 saturated heterocycles. The zero-order valence-electron chi connectivity index (χ0n) is 14.2. The van der Waals surface area contributed by atoms with Gasteiger partial charge >= 0.3 is 52.2 Å². The van der Waals surface area contributed by atoms with Crippen molar-refractivity contribution in [2.75, 3.05) is 0 Å². The molecule has 0 saturated carbocycles. The second-order valence-electron chi connectivity index (χ2n) is 7.04. The van der Waals surface area contributed by atoms with Crippen LogP contribution in [0.3, 0.4) is 0 Å². The number of aliphatic hydroxyl groups is 1. The van der Waals surface area contributed by atoms with Gasteiger partial charge in [0, 0.05) is 0 Å². The van der Waals surface area contributed by atoms with E-state index < -0.39 is 75.9 Å². The quantitative estimate of drug-likeness (QED) is 0.299. The summed E-state index contributed by atoms with van der Waals surface area (Å²) in [6.07, 6.45) is -2.27. The van der Waals surface area contributed by atoms with Gasteiger partial charge in [0.25, 0.3) is 23.7 Å². The molecule has 1 aromatic heterocycles. The Morgan fingerprint density at radius 3 is 2.47 bits per heavy atom. The molecule has 19 nitrogen and oxygen atoms in total. The van der Waals surface area contributed by atoms with Crippen molar-refractivity contribution in [3.05, 3.63) is 20.8 Å². The Bertz CT molecular complexity index is 1470. The molecule has 9 rings (SSSR count). The van der Waals surface area contributed by atoms with Crippen molar-refractivity contribution >= 4 is 39.6 Å². The third-order valence-corrected chi connectivity index (χ3v) is 9.98. The van der Waals surface area contributed by atoms with Crippen LogP contribution in [0.5, 0.6) is 11.6 Å². The van der Waals surface area contributed by atoms with Crippen LogP contribution in [-0.4, -0.2) is 36.9 Å². The maximum absolute atomic E-state index is 13.2. The molecule has 0 aromatic carbocycles. The summed E-state index contributed by atoms with van der Waals surface area (Å²) in [6.45, 7) is 0. The fraction of sp³-hybridized carbons (Fsp3) is 0.556. The first-order chi connectivity index (χ1) is 14.8. The van der Waals surface area contributed by atoms with E-state index in [2.05, 4.69) is 20.8 Å². The van der Waals surface area contributed by atoms with E-state index >= 15 is 0 Å². The first kappa shape index (κ1) is 19.4.